The van der Waals surface area contributed by atoms with E-state index in [1.54, 1.807) is 0 Å². The van der Waals surface area contributed by atoms with Crippen LogP contribution in [-0.4, -0.2) is 46.8 Å². The van der Waals surface area contributed by atoms with E-state index in [0.717, 1.165) is 45.9 Å². The van der Waals surface area contributed by atoms with Crippen LogP contribution in [0, 0.1) is 0 Å². The zero-order valence-electron chi connectivity index (χ0n) is 22.3. The molecule has 0 spiro atoms. The van der Waals surface area contributed by atoms with Gasteiger partial charge in [0, 0.05) is 13.1 Å². The molecule has 40 heavy (non-hydrogen) atoms. The van der Waals surface area contributed by atoms with E-state index in [2.05, 4.69) is 39.9 Å². The first-order chi connectivity index (χ1) is 19.6. The van der Waals surface area contributed by atoms with Gasteiger partial charge in [-0.05, 0) is 53.3 Å². The molecular formula is C33H33N5O2. The van der Waals surface area contributed by atoms with Crippen molar-refractivity contribution >= 4 is 39.4 Å². The molecule has 7 heteroatoms. The Morgan fingerprint density at radius 2 is 1.68 bits per heavy atom. The number of amides is 1. The molecule has 1 fully saturated rings. The zero-order chi connectivity index (χ0) is 27.3. The number of carbonyl (C=O) groups excluding carboxylic acids is 2. The molecule has 0 bridgehead atoms. The van der Waals surface area contributed by atoms with Gasteiger partial charge >= 0.3 is 0 Å². The molecule has 0 unspecified atom stereocenters. The molecule has 2 heterocycles. The highest BCUT2D eigenvalue weighted by molar-refractivity contribution is 5.94. The van der Waals surface area contributed by atoms with Gasteiger partial charge in [0.1, 0.15) is 6.04 Å². The Kier molecular flexibility index (Phi) is 7.55. The summed E-state index contributed by atoms with van der Waals surface area (Å²) < 4.78 is 0. The van der Waals surface area contributed by atoms with Crippen molar-refractivity contribution in [2.75, 3.05) is 18.0 Å². The van der Waals surface area contributed by atoms with Gasteiger partial charge in [0.2, 0.25) is 11.9 Å². The number of fused-ring (bicyclic) bond motifs is 2. The van der Waals surface area contributed by atoms with Crippen LogP contribution < -0.4 is 15.5 Å². The Balaban J connectivity index is 1.19. The molecule has 0 saturated carbocycles. The van der Waals surface area contributed by atoms with E-state index in [1.807, 2.05) is 77.7 Å². The number of rotatable bonds is 10. The van der Waals surface area contributed by atoms with Crippen LogP contribution in [0.15, 0.2) is 97.1 Å². The minimum Gasteiger partial charge on any atom is -0.344 e. The van der Waals surface area contributed by atoms with E-state index in [1.165, 1.54) is 0 Å². The van der Waals surface area contributed by atoms with Crippen molar-refractivity contribution in [3.63, 3.8) is 0 Å². The van der Waals surface area contributed by atoms with Gasteiger partial charge in [-0.3, -0.25) is 9.59 Å². The Morgan fingerprint density at radius 3 is 2.52 bits per heavy atom. The summed E-state index contributed by atoms with van der Waals surface area (Å²) in [7, 11) is 0. The molecule has 6 rings (SSSR count). The number of nitrogens with one attached hydrogen (secondary N) is 3. The molecule has 7 nitrogen and oxygen atoms in total. The van der Waals surface area contributed by atoms with Gasteiger partial charge in [-0.25, -0.2) is 4.98 Å². The Bertz CT molecular complexity index is 1600. The number of ketones is 1. The average molecular weight is 532 g/mol. The van der Waals surface area contributed by atoms with Gasteiger partial charge in [-0.2, -0.15) is 0 Å². The van der Waals surface area contributed by atoms with Crippen LogP contribution in [0.2, 0.25) is 0 Å². The maximum absolute atomic E-state index is 13.7. The predicted molar refractivity (Wildman–Crippen MR) is 159 cm³/mol. The standard InChI is InChI=1S/C33H33N5O2/c39-31(22-34-21-23-9-2-1-3-10-23)29(20-24-16-17-25-11-4-5-12-26(25)19-24)35-32(40)30-15-8-18-38(30)33-36-27-13-6-7-14-28(27)37-33/h1-7,9-14,16-17,19,29-30,34H,8,15,18,20-22H2,(H,35,40)(H,36,37)/t29-,30-/m0/s1. The number of para-hydroxylation sites is 2. The van der Waals surface area contributed by atoms with E-state index in [-0.39, 0.29) is 24.3 Å². The number of anilines is 1. The number of imidazole rings is 1. The second-order valence-corrected chi connectivity index (χ2v) is 10.4. The summed E-state index contributed by atoms with van der Waals surface area (Å²) in [5.74, 6) is 0.520. The number of aromatic amines is 1. The number of nitrogens with zero attached hydrogens (tertiary/aromatic N) is 2. The van der Waals surface area contributed by atoms with E-state index >= 15 is 0 Å². The molecule has 2 atom stereocenters. The summed E-state index contributed by atoms with van der Waals surface area (Å²) >= 11 is 0. The number of hydrogen-bond acceptors (Lipinski definition) is 5. The van der Waals surface area contributed by atoms with Crippen molar-refractivity contribution in [3.05, 3.63) is 108 Å². The highest BCUT2D eigenvalue weighted by atomic mass is 16.2. The fourth-order valence-electron chi connectivity index (χ4n) is 5.53. The van der Waals surface area contributed by atoms with Gasteiger partial charge < -0.3 is 20.5 Å². The molecule has 1 aromatic heterocycles. The molecule has 5 aromatic rings. The summed E-state index contributed by atoms with van der Waals surface area (Å²) in [6, 6.07) is 31.2. The fraction of sp³-hybridized carbons (Fsp3) is 0.242. The quantitative estimate of drug-likeness (QED) is 0.242. The van der Waals surface area contributed by atoms with Gasteiger partial charge in [0.15, 0.2) is 5.78 Å². The van der Waals surface area contributed by atoms with Crippen molar-refractivity contribution in [1.29, 1.82) is 0 Å². The maximum Gasteiger partial charge on any atom is 0.243 e. The summed E-state index contributed by atoms with van der Waals surface area (Å²) in [5.41, 5.74) is 3.94. The SMILES string of the molecule is O=C(CNCc1ccccc1)[C@H](Cc1ccc2ccccc2c1)NC(=O)[C@@H]1CCCN1c1nc2ccccc2[nH]1. The Morgan fingerprint density at radius 1 is 0.900 bits per heavy atom. The van der Waals surface area contributed by atoms with Crippen LogP contribution in [-0.2, 0) is 22.6 Å². The largest absolute Gasteiger partial charge is 0.344 e. The van der Waals surface area contributed by atoms with E-state index < -0.39 is 6.04 Å². The maximum atomic E-state index is 13.7. The van der Waals surface area contributed by atoms with E-state index in [0.29, 0.717) is 25.3 Å². The normalized spacial score (nSPS) is 15.9. The molecule has 1 amide bonds. The van der Waals surface area contributed by atoms with Crippen LogP contribution in [0.25, 0.3) is 21.8 Å². The summed E-state index contributed by atoms with van der Waals surface area (Å²) in [6.07, 6.45) is 2.03. The van der Waals surface area contributed by atoms with E-state index in [4.69, 9.17) is 4.98 Å². The number of carbonyl (C=O) groups is 2. The fourth-order valence-corrected chi connectivity index (χ4v) is 5.53. The highest BCUT2D eigenvalue weighted by Crippen LogP contribution is 2.26. The van der Waals surface area contributed by atoms with Crippen LogP contribution in [0.1, 0.15) is 24.0 Å². The zero-order valence-corrected chi connectivity index (χ0v) is 22.3. The smallest absolute Gasteiger partial charge is 0.243 e. The van der Waals surface area contributed by atoms with Crippen molar-refractivity contribution in [3.8, 4) is 0 Å². The first kappa shape index (κ1) is 25.8. The topological polar surface area (TPSA) is 90.1 Å². The number of H-pyrrole nitrogens is 1. The van der Waals surface area contributed by atoms with Gasteiger partial charge in [0.25, 0.3) is 0 Å². The molecule has 202 valence electrons. The second-order valence-electron chi connectivity index (χ2n) is 10.4. The third-order valence-corrected chi connectivity index (χ3v) is 7.63. The first-order valence-corrected chi connectivity index (χ1v) is 13.9. The van der Waals surface area contributed by atoms with Gasteiger partial charge in [-0.15, -0.1) is 0 Å². The molecular weight excluding hydrogens is 498 g/mol. The van der Waals surface area contributed by atoms with Crippen molar-refractivity contribution < 1.29 is 9.59 Å². The Hall–Kier alpha value is -4.49. The van der Waals surface area contributed by atoms with Crippen molar-refractivity contribution in [2.45, 2.75) is 37.9 Å². The van der Waals surface area contributed by atoms with Crippen molar-refractivity contribution in [2.24, 2.45) is 0 Å². The lowest BCUT2D eigenvalue weighted by Gasteiger charge is -2.26. The van der Waals surface area contributed by atoms with Crippen LogP contribution in [0.4, 0.5) is 5.95 Å². The number of benzene rings is 4. The first-order valence-electron chi connectivity index (χ1n) is 13.9. The molecule has 4 aromatic carbocycles. The van der Waals surface area contributed by atoms with Crippen LogP contribution in [0.5, 0.6) is 0 Å². The molecule has 1 aliphatic rings. The third-order valence-electron chi connectivity index (χ3n) is 7.63. The monoisotopic (exact) mass is 531 g/mol. The Labute approximate surface area is 233 Å². The molecule has 1 aliphatic heterocycles. The van der Waals surface area contributed by atoms with Gasteiger partial charge in [-0.1, -0.05) is 84.9 Å². The minimum absolute atomic E-state index is 0.0364. The molecule has 3 N–H and O–H groups in total. The lowest BCUT2D eigenvalue weighted by atomic mass is 9.98. The van der Waals surface area contributed by atoms with Crippen LogP contribution >= 0.6 is 0 Å². The lowest BCUT2D eigenvalue weighted by molar-refractivity contribution is -0.128. The summed E-state index contributed by atoms with van der Waals surface area (Å²) in [4.78, 5) is 37.3. The predicted octanol–water partition coefficient (Wildman–Crippen LogP) is 4.77. The number of hydrogen-bond donors (Lipinski definition) is 3. The van der Waals surface area contributed by atoms with E-state index in [9.17, 15) is 9.59 Å². The highest BCUT2D eigenvalue weighted by Gasteiger charge is 2.34. The molecule has 0 aliphatic carbocycles. The summed E-state index contributed by atoms with van der Waals surface area (Å²) in [5, 5.41) is 8.65. The lowest BCUT2D eigenvalue weighted by Crippen LogP contribution is -2.52. The summed E-state index contributed by atoms with van der Waals surface area (Å²) in [6.45, 7) is 1.50. The van der Waals surface area contributed by atoms with Crippen LogP contribution in [0.3, 0.4) is 0 Å². The van der Waals surface area contributed by atoms with Crippen molar-refractivity contribution in [1.82, 2.24) is 20.6 Å². The third kappa shape index (κ3) is 5.75. The second kappa shape index (κ2) is 11.7. The minimum atomic E-state index is -0.643. The van der Waals surface area contributed by atoms with Gasteiger partial charge in [0.05, 0.1) is 23.6 Å². The number of Topliss-reactive ketones (excluding diaryl/α,β-unsaturated/α-hetero) is 1. The average Bonchev–Trinajstić information content (AvgIpc) is 3.65. The number of aromatic nitrogens is 2. The molecule has 1 saturated heterocycles. The molecule has 0 radical (unpaired) electrons.